The van der Waals surface area contributed by atoms with Gasteiger partial charge in [-0.05, 0) is 36.4 Å². The van der Waals surface area contributed by atoms with E-state index in [4.69, 9.17) is 0 Å². The van der Waals surface area contributed by atoms with Gasteiger partial charge in [0.2, 0.25) is 0 Å². The van der Waals surface area contributed by atoms with Crippen molar-refractivity contribution in [3.63, 3.8) is 0 Å². The molecule has 34 heavy (non-hydrogen) atoms. The van der Waals surface area contributed by atoms with Gasteiger partial charge in [0.25, 0.3) is 0 Å². The number of halogens is 3. The van der Waals surface area contributed by atoms with Crippen molar-refractivity contribution in [3.8, 4) is 0 Å². The minimum atomic E-state index is -4.66. The van der Waals surface area contributed by atoms with Crippen LogP contribution in [0.1, 0.15) is 0 Å². The summed E-state index contributed by atoms with van der Waals surface area (Å²) in [6, 6.07) is 13.3. The predicted octanol–water partition coefficient (Wildman–Crippen LogP) is 2.19. The molecule has 0 saturated heterocycles. The van der Waals surface area contributed by atoms with Crippen LogP contribution in [-0.2, 0) is 30.4 Å². The molecule has 0 aliphatic rings. The Kier molecular flexibility index (Phi) is 13.0. The second kappa shape index (κ2) is 13.6. The monoisotopic (exact) mass is 677 g/mol. The molecule has 0 N–H and O–H groups in total. The van der Waals surface area contributed by atoms with Crippen molar-refractivity contribution in [2.75, 3.05) is 0 Å². The molecule has 16 heteroatoms. The van der Waals surface area contributed by atoms with Gasteiger partial charge in [0.15, 0.2) is 0 Å². The summed E-state index contributed by atoms with van der Waals surface area (Å²) in [7, 11) is -14.0. The molecule has 9 nitrogen and oxygen atoms in total. The second-order valence-corrected chi connectivity index (χ2v) is 9.70. The normalized spacial score (nSPS) is 11.1. The third-order valence-corrected chi connectivity index (χ3v) is 5.93. The second-order valence-electron chi connectivity index (χ2n) is 5.65. The Morgan fingerprint density at radius 1 is 0.441 bits per heavy atom. The van der Waals surface area contributed by atoms with Gasteiger partial charge in [0.1, 0.15) is 47.8 Å². The van der Waals surface area contributed by atoms with Gasteiger partial charge in [-0.15, -0.1) is 0 Å². The van der Waals surface area contributed by atoms with Crippen molar-refractivity contribution < 1.29 is 92.5 Å². The molecule has 3 rings (SSSR count). The smallest absolute Gasteiger partial charge is 0.744 e. The Morgan fingerprint density at radius 2 is 0.618 bits per heavy atom. The van der Waals surface area contributed by atoms with Gasteiger partial charge >= 0.3 is 40.4 Å². The fourth-order valence-corrected chi connectivity index (χ4v) is 3.60. The molecule has 0 aliphatic carbocycles. The maximum absolute atomic E-state index is 12.5. The molecular formula is C18H12F3O9S3Sm. The SMILES string of the molecule is O=S(=O)([O-])c1ccccc1F.O=S(=O)([O-])c1ccccc1F.O=S(=O)([O-])c1ccccc1F.[Sm+3]. The summed E-state index contributed by atoms with van der Waals surface area (Å²) < 4.78 is 130. The largest absolute Gasteiger partial charge is 3.00 e. The molecule has 3 aromatic carbocycles. The number of benzene rings is 3. The predicted molar refractivity (Wildman–Crippen MR) is 103 cm³/mol. The van der Waals surface area contributed by atoms with Crippen molar-refractivity contribution in [3.05, 3.63) is 90.2 Å². The van der Waals surface area contributed by atoms with Gasteiger partial charge in [0, 0.05) is 0 Å². The first kappa shape index (κ1) is 32.5. The number of hydrogen-bond acceptors (Lipinski definition) is 9. The summed E-state index contributed by atoms with van der Waals surface area (Å²) in [5.41, 5.74) is 0. The Labute approximate surface area is 226 Å². The molecule has 0 unspecified atom stereocenters. The van der Waals surface area contributed by atoms with Crippen LogP contribution < -0.4 is 0 Å². The third kappa shape index (κ3) is 10.8. The summed E-state index contributed by atoms with van der Waals surface area (Å²) in [5.74, 6) is -3.03. The zero-order valence-electron chi connectivity index (χ0n) is 16.4. The van der Waals surface area contributed by atoms with Gasteiger partial charge in [-0.2, -0.15) is 0 Å². The quantitative estimate of drug-likeness (QED) is 0.378. The summed E-state index contributed by atoms with van der Waals surface area (Å²) in [6.07, 6.45) is 0. The van der Waals surface area contributed by atoms with E-state index in [0.717, 1.165) is 36.4 Å². The van der Waals surface area contributed by atoms with Gasteiger partial charge in [0.05, 0.1) is 14.7 Å². The summed E-state index contributed by atoms with van der Waals surface area (Å²) in [5, 5.41) is 0. The van der Waals surface area contributed by atoms with Crippen LogP contribution in [0.15, 0.2) is 87.5 Å². The summed E-state index contributed by atoms with van der Waals surface area (Å²) in [4.78, 5) is -2.42. The van der Waals surface area contributed by atoms with Gasteiger partial charge < -0.3 is 13.7 Å². The standard InChI is InChI=1S/3C6H5FO3S.Sm/c3*7-5-3-1-2-4-6(5)11(8,9)10;/h3*1-4H,(H,8,9,10);/q;;;+3/p-3. The minimum Gasteiger partial charge on any atom is -0.744 e. The van der Waals surface area contributed by atoms with Crippen LogP contribution >= 0.6 is 0 Å². The Morgan fingerprint density at radius 3 is 0.735 bits per heavy atom. The van der Waals surface area contributed by atoms with E-state index in [1.807, 2.05) is 0 Å². The first-order chi connectivity index (χ1) is 15.0. The van der Waals surface area contributed by atoms with E-state index in [9.17, 15) is 52.1 Å². The van der Waals surface area contributed by atoms with E-state index < -0.39 is 62.5 Å². The van der Waals surface area contributed by atoms with E-state index in [0.29, 0.717) is 0 Å². The molecule has 1 radical (unpaired) electrons. The number of rotatable bonds is 3. The van der Waals surface area contributed by atoms with Crippen LogP contribution in [0.25, 0.3) is 0 Å². The van der Waals surface area contributed by atoms with E-state index in [2.05, 4.69) is 0 Å². The molecule has 0 amide bonds. The van der Waals surface area contributed by atoms with E-state index in [1.165, 1.54) is 36.4 Å². The van der Waals surface area contributed by atoms with E-state index >= 15 is 0 Å². The van der Waals surface area contributed by atoms with Crippen molar-refractivity contribution in [2.45, 2.75) is 14.7 Å². The molecule has 0 fully saturated rings. The minimum absolute atomic E-state index is 0. The maximum atomic E-state index is 12.5. The van der Waals surface area contributed by atoms with Crippen molar-refractivity contribution in [1.29, 1.82) is 0 Å². The molecule has 0 aliphatic heterocycles. The molecule has 0 saturated carbocycles. The maximum Gasteiger partial charge on any atom is 3.00 e. The molecule has 3 aromatic rings. The van der Waals surface area contributed by atoms with Crippen LogP contribution in [0.3, 0.4) is 0 Å². The average Bonchev–Trinajstić information content (AvgIpc) is 2.67. The topological polar surface area (TPSA) is 172 Å². The fourth-order valence-electron chi connectivity index (χ4n) is 1.94. The van der Waals surface area contributed by atoms with Gasteiger partial charge in [-0.1, -0.05) is 36.4 Å². The van der Waals surface area contributed by atoms with Crippen LogP contribution in [0.2, 0.25) is 0 Å². The van der Waals surface area contributed by atoms with Crippen molar-refractivity contribution >= 4 is 30.4 Å². The zero-order chi connectivity index (χ0) is 25.4. The molecule has 183 valence electrons. The summed E-state index contributed by atoms with van der Waals surface area (Å²) >= 11 is 0. The molecule has 0 bridgehead atoms. The average molecular weight is 676 g/mol. The third-order valence-electron chi connectivity index (χ3n) is 3.32. The Bertz CT molecular complexity index is 1250. The van der Waals surface area contributed by atoms with Gasteiger partial charge in [-0.3, -0.25) is 0 Å². The zero-order valence-corrected chi connectivity index (χ0v) is 21.4. The van der Waals surface area contributed by atoms with Crippen LogP contribution in [0.4, 0.5) is 13.2 Å². The first-order valence-electron chi connectivity index (χ1n) is 8.16. The Hall–Kier alpha value is -1.48. The van der Waals surface area contributed by atoms with Crippen LogP contribution in [0.5, 0.6) is 0 Å². The van der Waals surface area contributed by atoms with Gasteiger partial charge in [-0.25, -0.2) is 38.4 Å². The van der Waals surface area contributed by atoms with Crippen molar-refractivity contribution in [2.24, 2.45) is 0 Å². The van der Waals surface area contributed by atoms with E-state index in [-0.39, 0.29) is 40.4 Å². The van der Waals surface area contributed by atoms with Crippen LogP contribution in [-0.4, -0.2) is 38.9 Å². The van der Waals surface area contributed by atoms with Crippen LogP contribution in [0, 0.1) is 57.8 Å². The first-order valence-corrected chi connectivity index (χ1v) is 12.4. The molecule has 0 heterocycles. The molecule has 0 atom stereocenters. The van der Waals surface area contributed by atoms with Crippen molar-refractivity contribution in [1.82, 2.24) is 0 Å². The molecular weight excluding hydrogens is 664 g/mol. The Balaban J connectivity index is 0.000000473. The number of hydrogen-bond donors (Lipinski definition) is 0. The molecule has 0 spiro atoms. The fraction of sp³-hybridized carbons (Fsp3) is 0. The van der Waals surface area contributed by atoms with E-state index in [1.54, 1.807) is 0 Å². The summed E-state index contributed by atoms with van der Waals surface area (Å²) in [6.45, 7) is 0. The molecule has 0 aromatic heterocycles.